The van der Waals surface area contributed by atoms with Crippen molar-refractivity contribution in [3.05, 3.63) is 0 Å². The van der Waals surface area contributed by atoms with E-state index in [0.29, 0.717) is 12.3 Å². The number of carbonyl (C=O) groups excluding carboxylic acids is 1. The Labute approximate surface area is 125 Å². The van der Waals surface area contributed by atoms with Gasteiger partial charge in [-0.3, -0.25) is 4.90 Å². The Hall–Kier alpha value is -0.910. The van der Waals surface area contributed by atoms with Crippen LogP contribution in [-0.4, -0.2) is 57.7 Å². The molecule has 0 bridgehead atoms. The number of hydrogen-bond donors (Lipinski definition) is 1. The fraction of sp³-hybridized carbons (Fsp3) is 0.857. The highest BCUT2D eigenvalue weighted by Gasteiger charge is 2.42. The van der Waals surface area contributed by atoms with Gasteiger partial charge in [0.2, 0.25) is 0 Å². The van der Waals surface area contributed by atoms with Crippen molar-refractivity contribution in [2.75, 3.05) is 19.3 Å². The highest BCUT2D eigenvalue weighted by molar-refractivity contribution is 8.00. The molecule has 1 heterocycles. The lowest BCUT2D eigenvalue weighted by atomic mass is 10.2. The number of nitrogens with zero attached hydrogens (tertiary/aromatic N) is 2. The van der Waals surface area contributed by atoms with Crippen LogP contribution in [0.2, 0.25) is 0 Å². The molecule has 1 rings (SSSR count). The van der Waals surface area contributed by atoms with Crippen LogP contribution in [-0.2, 0) is 4.79 Å². The number of aliphatic carboxylic acids is 1. The Kier molecular flexibility index (Phi) is 7.19. The molecule has 0 aromatic carbocycles. The number of carbonyl (C=O) groups is 2. The molecule has 0 aromatic rings. The third kappa shape index (κ3) is 4.30. The molecule has 5 nitrogen and oxygen atoms in total. The quantitative estimate of drug-likeness (QED) is 0.735. The molecule has 2 amide bonds. The number of unbranched alkanes of at least 4 members (excludes halogenated alkanes) is 2. The summed E-state index contributed by atoms with van der Waals surface area (Å²) in [4.78, 5) is 27.1. The van der Waals surface area contributed by atoms with Gasteiger partial charge in [0.15, 0.2) is 0 Å². The number of hydrogen-bond acceptors (Lipinski definition) is 3. The van der Waals surface area contributed by atoms with Gasteiger partial charge in [0, 0.05) is 19.3 Å². The SMILES string of the molecule is CCCCCN(C)C(=O)N1C(CCC)SCC1C(=O)O. The highest BCUT2D eigenvalue weighted by Crippen LogP contribution is 2.33. The summed E-state index contributed by atoms with van der Waals surface area (Å²) < 4.78 is 0. The molecule has 2 atom stereocenters. The zero-order chi connectivity index (χ0) is 15.1. The van der Waals surface area contributed by atoms with Crippen molar-refractivity contribution in [3.63, 3.8) is 0 Å². The summed E-state index contributed by atoms with van der Waals surface area (Å²) in [5.41, 5.74) is 0. The molecule has 1 N–H and O–H groups in total. The van der Waals surface area contributed by atoms with Crippen molar-refractivity contribution in [1.29, 1.82) is 0 Å². The van der Waals surface area contributed by atoms with E-state index in [0.717, 1.165) is 32.1 Å². The smallest absolute Gasteiger partial charge is 0.327 e. The van der Waals surface area contributed by atoms with E-state index in [2.05, 4.69) is 13.8 Å². The van der Waals surface area contributed by atoms with Gasteiger partial charge in [-0.15, -0.1) is 11.8 Å². The first-order valence-electron chi connectivity index (χ1n) is 7.40. The van der Waals surface area contributed by atoms with Gasteiger partial charge in [0.25, 0.3) is 0 Å². The maximum atomic E-state index is 12.5. The summed E-state index contributed by atoms with van der Waals surface area (Å²) in [7, 11) is 1.77. The van der Waals surface area contributed by atoms with Crippen molar-refractivity contribution in [1.82, 2.24) is 9.80 Å². The van der Waals surface area contributed by atoms with E-state index in [1.54, 1.807) is 28.6 Å². The first-order chi connectivity index (χ1) is 9.52. The Balaban J connectivity index is 2.70. The summed E-state index contributed by atoms with van der Waals surface area (Å²) in [6, 6.07) is -0.824. The molecule has 1 aliphatic rings. The lowest BCUT2D eigenvalue weighted by Gasteiger charge is -2.31. The summed E-state index contributed by atoms with van der Waals surface area (Å²) in [6.07, 6.45) is 4.97. The van der Waals surface area contributed by atoms with Crippen molar-refractivity contribution in [3.8, 4) is 0 Å². The average Bonchev–Trinajstić information content (AvgIpc) is 2.82. The van der Waals surface area contributed by atoms with E-state index in [1.807, 2.05) is 0 Å². The molecule has 1 saturated heterocycles. The van der Waals surface area contributed by atoms with Gasteiger partial charge in [0.05, 0.1) is 5.37 Å². The Morgan fingerprint density at radius 1 is 1.30 bits per heavy atom. The van der Waals surface area contributed by atoms with Crippen LogP contribution in [0.3, 0.4) is 0 Å². The average molecular weight is 302 g/mol. The molecule has 0 saturated carbocycles. The van der Waals surface area contributed by atoms with Crippen LogP contribution in [0.25, 0.3) is 0 Å². The standard InChI is InChI=1S/C14H26N2O3S/c1-4-6-7-9-15(3)14(19)16-11(13(17)18)10-20-12(16)8-5-2/h11-12H,4-10H2,1-3H3,(H,17,18). The highest BCUT2D eigenvalue weighted by atomic mass is 32.2. The summed E-state index contributed by atoms with van der Waals surface area (Å²) in [6.45, 7) is 4.87. The second-order valence-electron chi connectivity index (χ2n) is 5.25. The van der Waals surface area contributed by atoms with Gasteiger partial charge in [-0.2, -0.15) is 0 Å². The topological polar surface area (TPSA) is 60.9 Å². The van der Waals surface area contributed by atoms with Crippen molar-refractivity contribution < 1.29 is 14.7 Å². The molecule has 0 aliphatic carbocycles. The van der Waals surface area contributed by atoms with Crippen LogP contribution < -0.4 is 0 Å². The van der Waals surface area contributed by atoms with Crippen LogP contribution in [0.4, 0.5) is 4.79 Å². The third-order valence-electron chi connectivity index (χ3n) is 3.56. The predicted molar refractivity (Wildman–Crippen MR) is 82.0 cm³/mol. The van der Waals surface area contributed by atoms with E-state index >= 15 is 0 Å². The Morgan fingerprint density at radius 3 is 2.55 bits per heavy atom. The number of amides is 2. The summed E-state index contributed by atoms with van der Waals surface area (Å²) in [5, 5.41) is 9.29. The van der Waals surface area contributed by atoms with Crippen LogP contribution in [0.5, 0.6) is 0 Å². The van der Waals surface area contributed by atoms with Crippen molar-refractivity contribution in [2.24, 2.45) is 0 Å². The van der Waals surface area contributed by atoms with Crippen LogP contribution in [0.1, 0.15) is 46.0 Å². The number of rotatable bonds is 7. The lowest BCUT2D eigenvalue weighted by Crippen LogP contribution is -2.50. The first kappa shape index (κ1) is 17.1. The Bertz CT molecular complexity index is 338. The van der Waals surface area contributed by atoms with Crippen LogP contribution in [0.15, 0.2) is 0 Å². The van der Waals surface area contributed by atoms with Crippen molar-refractivity contribution in [2.45, 2.75) is 57.4 Å². The number of thioether (sulfide) groups is 1. The van der Waals surface area contributed by atoms with E-state index in [4.69, 9.17) is 0 Å². The first-order valence-corrected chi connectivity index (χ1v) is 8.45. The minimum atomic E-state index is -0.897. The molecule has 0 radical (unpaired) electrons. The number of carboxylic acids is 1. The van der Waals surface area contributed by atoms with Gasteiger partial charge < -0.3 is 10.0 Å². The van der Waals surface area contributed by atoms with Gasteiger partial charge in [-0.1, -0.05) is 33.1 Å². The predicted octanol–water partition coefficient (Wildman–Crippen LogP) is 2.86. The largest absolute Gasteiger partial charge is 0.480 e. The van der Waals surface area contributed by atoms with E-state index in [1.165, 1.54) is 0 Å². The molecule has 1 fully saturated rings. The molecule has 6 heteroatoms. The van der Waals surface area contributed by atoms with E-state index in [9.17, 15) is 14.7 Å². The second-order valence-corrected chi connectivity index (χ2v) is 6.46. The molecule has 2 unspecified atom stereocenters. The van der Waals surface area contributed by atoms with E-state index < -0.39 is 12.0 Å². The zero-order valence-electron chi connectivity index (χ0n) is 12.7. The molecular weight excluding hydrogens is 276 g/mol. The normalized spacial score (nSPS) is 22.1. The minimum absolute atomic E-state index is 0.00206. The maximum Gasteiger partial charge on any atom is 0.327 e. The van der Waals surface area contributed by atoms with Crippen molar-refractivity contribution >= 4 is 23.8 Å². The summed E-state index contributed by atoms with van der Waals surface area (Å²) in [5.74, 6) is -0.402. The fourth-order valence-corrected chi connectivity index (χ4v) is 3.88. The molecule has 1 aliphatic heterocycles. The van der Waals surface area contributed by atoms with Gasteiger partial charge in [0.1, 0.15) is 6.04 Å². The monoisotopic (exact) mass is 302 g/mol. The van der Waals surface area contributed by atoms with Crippen LogP contribution in [0, 0.1) is 0 Å². The molecule has 0 aromatic heterocycles. The number of urea groups is 1. The minimum Gasteiger partial charge on any atom is -0.480 e. The number of carboxylic acid groups (broad SMARTS) is 1. The molecule has 116 valence electrons. The van der Waals surface area contributed by atoms with Crippen LogP contribution >= 0.6 is 11.8 Å². The maximum absolute atomic E-state index is 12.5. The Morgan fingerprint density at radius 2 is 2.00 bits per heavy atom. The van der Waals surface area contributed by atoms with Gasteiger partial charge in [-0.05, 0) is 12.8 Å². The fourth-order valence-electron chi connectivity index (χ4n) is 2.37. The van der Waals surface area contributed by atoms with Gasteiger partial charge >= 0.3 is 12.0 Å². The molecule has 0 spiro atoms. The molecular formula is C14H26N2O3S. The third-order valence-corrected chi connectivity index (χ3v) is 4.91. The molecule has 20 heavy (non-hydrogen) atoms. The second kappa shape index (κ2) is 8.39. The lowest BCUT2D eigenvalue weighted by molar-refractivity contribution is -0.141. The van der Waals surface area contributed by atoms with E-state index in [-0.39, 0.29) is 11.4 Å². The zero-order valence-corrected chi connectivity index (χ0v) is 13.5. The van der Waals surface area contributed by atoms with Gasteiger partial charge in [-0.25, -0.2) is 9.59 Å². The summed E-state index contributed by atoms with van der Waals surface area (Å²) >= 11 is 1.58.